The lowest BCUT2D eigenvalue weighted by Crippen LogP contribution is -2.32. The van der Waals surface area contributed by atoms with E-state index < -0.39 is 109 Å². The molecule has 6 N–H and O–H groups in total. The predicted molar refractivity (Wildman–Crippen MR) is 336 cm³/mol. The van der Waals surface area contributed by atoms with Gasteiger partial charge in [-0.2, -0.15) is 46.7 Å². The molecule has 4 aromatic rings. The molecular formula is C58H76N2O26S6. The van der Waals surface area contributed by atoms with E-state index in [4.69, 9.17) is 28.4 Å². The fourth-order valence-electron chi connectivity index (χ4n) is 11.3. The van der Waals surface area contributed by atoms with E-state index in [1.54, 1.807) is 74.1 Å². The van der Waals surface area contributed by atoms with Crippen LogP contribution in [0.5, 0.6) is 0 Å². The molecule has 34 heteroatoms. The highest BCUT2D eigenvalue weighted by Gasteiger charge is 2.49. The second-order valence-electron chi connectivity index (χ2n) is 21.9. The first-order chi connectivity index (χ1) is 43.0. The molecule has 2 aliphatic heterocycles. The van der Waals surface area contributed by atoms with Crippen molar-refractivity contribution in [3.8, 4) is 0 Å². The average Bonchev–Trinajstić information content (AvgIpc) is 1.52. The molecule has 2 heterocycles. The van der Waals surface area contributed by atoms with Gasteiger partial charge < -0.3 is 43.0 Å². The number of unbranched alkanes of at least 4 members (excludes halogenated alkanes) is 2. The predicted octanol–water partition coefficient (Wildman–Crippen LogP) is 6.03. The molecule has 0 amide bonds. The first-order valence-electron chi connectivity index (χ1n) is 28.8. The Morgan fingerprint density at radius 3 is 1.58 bits per heavy atom. The van der Waals surface area contributed by atoms with Crippen LogP contribution in [0.25, 0.3) is 21.5 Å². The van der Waals surface area contributed by atoms with Crippen molar-refractivity contribution in [1.29, 1.82) is 0 Å². The summed E-state index contributed by atoms with van der Waals surface area (Å²) in [4.78, 5) is 9.77. The zero-order chi connectivity index (χ0) is 67.9. The van der Waals surface area contributed by atoms with Crippen LogP contribution in [-0.2, 0) is 105 Å². The van der Waals surface area contributed by atoms with Crippen LogP contribution in [0.2, 0.25) is 0 Å². The van der Waals surface area contributed by atoms with Crippen LogP contribution in [0.15, 0.2) is 116 Å². The number of carbonyl (C=O) groups is 1. The molecule has 28 nitrogen and oxygen atoms in total. The molecule has 0 spiro atoms. The van der Waals surface area contributed by atoms with Gasteiger partial charge in [0, 0.05) is 73.0 Å². The molecule has 2 unspecified atom stereocenters. The Hall–Kier alpha value is -5.48. The third kappa shape index (κ3) is 20.5. The van der Waals surface area contributed by atoms with E-state index in [9.17, 15) is 87.7 Å². The normalized spacial score (nSPS) is 18.1. The van der Waals surface area contributed by atoms with Gasteiger partial charge >= 0.3 is 5.97 Å². The number of carboxylic acid groups (broad SMARTS) is 1. The number of rotatable bonds is 40. The van der Waals surface area contributed by atoms with Gasteiger partial charge in [-0.3, -0.25) is 27.6 Å². The summed E-state index contributed by atoms with van der Waals surface area (Å²) in [6, 6.07) is 8.81. The van der Waals surface area contributed by atoms with Crippen molar-refractivity contribution >= 4 is 105 Å². The molecule has 92 heavy (non-hydrogen) atoms. The third-order valence-corrected chi connectivity index (χ3v) is 20.4. The van der Waals surface area contributed by atoms with Crippen molar-refractivity contribution in [2.45, 2.75) is 95.6 Å². The van der Waals surface area contributed by atoms with Gasteiger partial charge in [-0.1, -0.05) is 42.9 Å². The van der Waals surface area contributed by atoms with E-state index in [0.29, 0.717) is 93.7 Å². The van der Waals surface area contributed by atoms with Gasteiger partial charge in [-0.25, -0.2) is 8.42 Å². The Labute approximate surface area is 535 Å². The van der Waals surface area contributed by atoms with Crippen LogP contribution in [-0.4, -0.2) is 204 Å². The van der Waals surface area contributed by atoms with Crippen molar-refractivity contribution in [3.63, 3.8) is 0 Å². The van der Waals surface area contributed by atoms with Gasteiger partial charge in [-0.15, -0.1) is 0 Å². The molecule has 0 saturated carbocycles. The topological polar surface area (TPSA) is 428 Å². The Morgan fingerprint density at radius 1 is 0.543 bits per heavy atom. The first-order valence-corrected chi connectivity index (χ1v) is 37.7. The molecule has 4 aromatic carbocycles. The van der Waals surface area contributed by atoms with Crippen LogP contribution in [0.4, 0.5) is 11.4 Å². The third-order valence-electron chi connectivity index (χ3n) is 15.4. The highest BCUT2D eigenvalue weighted by atomic mass is 32.2. The number of anilines is 1. The van der Waals surface area contributed by atoms with Crippen LogP contribution >= 0.6 is 0 Å². The van der Waals surface area contributed by atoms with Crippen molar-refractivity contribution in [2.24, 2.45) is 0 Å². The number of fused-ring (bicyclic) bond motifs is 6. The number of nitrogens with zero attached hydrogens (tertiary/aromatic N) is 2. The van der Waals surface area contributed by atoms with Crippen molar-refractivity contribution < 1.29 is 121 Å². The summed E-state index contributed by atoms with van der Waals surface area (Å²) in [5.74, 6) is -2.49. The van der Waals surface area contributed by atoms with E-state index in [0.717, 1.165) is 12.1 Å². The maximum Gasteiger partial charge on any atom is 0.303 e. The monoisotopic (exact) mass is 1410 g/mol. The first kappa shape index (κ1) is 75.5. The molecule has 0 bridgehead atoms. The minimum absolute atomic E-state index is 0.0151. The van der Waals surface area contributed by atoms with E-state index in [-0.39, 0.29) is 111 Å². The van der Waals surface area contributed by atoms with Gasteiger partial charge in [0.2, 0.25) is 5.69 Å². The van der Waals surface area contributed by atoms with Crippen LogP contribution in [0.3, 0.4) is 0 Å². The molecule has 2 atom stereocenters. The summed E-state index contributed by atoms with van der Waals surface area (Å²) in [6.45, 7) is 6.70. The molecule has 0 fully saturated rings. The smallest absolute Gasteiger partial charge is 0.303 e. The van der Waals surface area contributed by atoms with Crippen LogP contribution in [0.1, 0.15) is 76.3 Å². The lowest BCUT2D eigenvalue weighted by Gasteiger charge is -2.31. The van der Waals surface area contributed by atoms with Crippen molar-refractivity contribution in [1.82, 2.24) is 0 Å². The summed E-state index contributed by atoms with van der Waals surface area (Å²) in [6.07, 6.45) is 11.8. The highest BCUT2D eigenvalue weighted by Crippen LogP contribution is 2.54. The van der Waals surface area contributed by atoms with Gasteiger partial charge in [0.1, 0.15) is 21.6 Å². The van der Waals surface area contributed by atoms with Gasteiger partial charge in [0.25, 0.3) is 50.6 Å². The Kier molecular flexibility index (Phi) is 26.5. The number of ether oxygens (including phenoxy) is 6. The standard InChI is InChI=1S/C58H76N2O26S6/c1-57(21-12-36-87(63,64)65)52(60(24-13-37-88(66,67)68)48-19-17-44-46(55(48)57)38-42(89(69,70)71)40-50(44)91(75,76)77)14-8-5-4-6-9-15-53-58(2,22-25-82-28-29-84-32-33-86-35-34-85-31-30-83-27-26-81-3)56-47-39-43(90(72,73)74)41-51(92(78,79)80)45(47)18-20-49(56)59(53)23-11-7-10-16-54(61)62/h4-6,8-9,14-15,17-20,38-41H,7,10-13,16,21-37H2,1-3H3,(H6-,61,62,63,64,65,66,67,68,69,70,71,72,73,74,75,76,77,78,79,80). The van der Waals surface area contributed by atoms with Gasteiger partial charge in [0.05, 0.1) is 97.7 Å². The molecule has 2 aliphatic rings. The second kappa shape index (κ2) is 32.3. The van der Waals surface area contributed by atoms with Gasteiger partial charge in [0.15, 0.2) is 5.71 Å². The largest absolute Gasteiger partial charge is 0.744 e. The number of benzene rings is 4. The fourth-order valence-corrected chi connectivity index (χ4v) is 15.0. The molecular weight excluding hydrogens is 1330 g/mol. The summed E-state index contributed by atoms with van der Waals surface area (Å²) in [5.41, 5.74) is -0.557. The zero-order valence-corrected chi connectivity index (χ0v) is 55.5. The van der Waals surface area contributed by atoms with Crippen LogP contribution in [0, 0.1) is 0 Å². The zero-order valence-electron chi connectivity index (χ0n) is 50.6. The molecule has 510 valence electrons. The molecule has 0 aliphatic carbocycles. The average molecular weight is 1410 g/mol. The van der Waals surface area contributed by atoms with Crippen molar-refractivity contribution in [3.05, 3.63) is 108 Å². The fraction of sp³-hybridized carbons (Fsp3) is 0.483. The number of allylic oxidation sites excluding steroid dienone is 8. The highest BCUT2D eigenvalue weighted by molar-refractivity contribution is 7.87. The van der Waals surface area contributed by atoms with E-state index in [1.165, 1.54) is 18.2 Å². The maximum atomic E-state index is 12.8. The number of methoxy groups -OCH3 is 1. The Balaban J connectivity index is 1.39. The number of hydrogen-bond donors (Lipinski definition) is 6. The maximum absolute atomic E-state index is 12.8. The molecule has 6 rings (SSSR count). The lowest BCUT2D eigenvalue weighted by molar-refractivity contribution is -0.437. The lowest BCUT2D eigenvalue weighted by atomic mass is 9.74. The number of hydrogen-bond acceptors (Lipinski definition) is 21. The number of aliphatic carboxylic acids is 1. The summed E-state index contributed by atoms with van der Waals surface area (Å²) >= 11 is 0. The Morgan fingerprint density at radius 2 is 1.04 bits per heavy atom. The van der Waals surface area contributed by atoms with E-state index in [2.05, 4.69) is 0 Å². The van der Waals surface area contributed by atoms with Gasteiger partial charge in [-0.05, 0) is 110 Å². The quantitative estimate of drug-likeness (QED) is 0.0128. The Bertz CT molecular complexity index is 4210. The number of carboxylic acids is 1. The molecule has 0 aromatic heterocycles. The minimum atomic E-state index is -5.37. The SMILES string of the molecule is COCCOCCOCCOCCOCCOCCC1(C)\C(=C/C=C/C=C/C=C/C2=[N+](CCCS(=O)(=O)O)c3ccc4c(S(=O)(=O)O)cc(S(=O)(=O)O)cc4c3C2(C)CCCS(=O)(=O)O)N(CCCCCC(=O)O)c2ccc3c(S(=O)(=O)[O-])cc(S(=O)(=O)O)cc3c21. The second-order valence-corrected chi connectivity index (χ2v) is 30.6. The van der Waals surface area contributed by atoms with E-state index in [1.807, 2.05) is 4.90 Å². The summed E-state index contributed by atoms with van der Waals surface area (Å²) in [7, 11) is -28.4. The molecule has 0 saturated heterocycles. The summed E-state index contributed by atoms with van der Waals surface area (Å²) < 4.78 is 248. The minimum Gasteiger partial charge on any atom is -0.744 e. The van der Waals surface area contributed by atoms with E-state index >= 15 is 0 Å². The van der Waals surface area contributed by atoms with Crippen molar-refractivity contribution in [2.75, 3.05) is 109 Å². The molecule has 0 radical (unpaired) electrons. The summed E-state index contributed by atoms with van der Waals surface area (Å²) in [5, 5.41) is 8.93. The van der Waals surface area contributed by atoms with Crippen LogP contribution < -0.4 is 4.90 Å².